The molecule has 4 aromatic rings. The Morgan fingerprint density at radius 1 is 0.750 bits per heavy atom. The van der Waals surface area contributed by atoms with Gasteiger partial charge in [0, 0.05) is 11.1 Å². The number of carbonyl (C=O) groups excluding carboxylic acids is 1. The van der Waals surface area contributed by atoms with Crippen LogP contribution in [0.2, 0.25) is 0 Å². The molecular weight excluding hydrogens is 298 g/mol. The van der Waals surface area contributed by atoms with Crippen molar-refractivity contribution in [2.75, 3.05) is 5.32 Å². The van der Waals surface area contributed by atoms with Gasteiger partial charge in [-0.05, 0) is 35.4 Å². The zero-order chi connectivity index (χ0) is 16.4. The number of fused-ring (bicyclic) bond motifs is 1. The van der Waals surface area contributed by atoms with Crippen molar-refractivity contribution in [3.63, 3.8) is 0 Å². The third-order valence-corrected chi connectivity index (χ3v) is 3.90. The lowest BCUT2D eigenvalue weighted by Gasteiger charge is -2.05. The lowest BCUT2D eigenvalue weighted by Crippen LogP contribution is -2.10. The van der Waals surface area contributed by atoms with Gasteiger partial charge in [0.15, 0.2) is 5.76 Å². The van der Waals surface area contributed by atoms with Crippen LogP contribution in [0.4, 0.5) is 5.69 Å². The van der Waals surface area contributed by atoms with Crippen LogP contribution in [-0.2, 0) is 0 Å². The molecule has 24 heavy (non-hydrogen) atoms. The fourth-order valence-corrected chi connectivity index (χ4v) is 2.66. The zero-order valence-electron chi connectivity index (χ0n) is 12.9. The number of carbonyl (C=O) groups is 1. The monoisotopic (exact) mass is 313 g/mol. The highest BCUT2D eigenvalue weighted by atomic mass is 16.3. The quantitative estimate of drug-likeness (QED) is 0.554. The Morgan fingerprint density at radius 2 is 1.42 bits per heavy atom. The predicted molar refractivity (Wildman–Crippen MR) is 96.0 cm³/mol. The molecule has 1 amide bonds. The summed E-state index contributed by atoms with van der Waals surface area (Å²) < 4.78 is 5.58. The third kappa shape index (κ3) is 2.79. The van der Waals surface area contributed by atoms with E-state index in [9.17, 15) is 4.79 Å². The summed E-state index contributed by atoms with van der Waals surface area (Å²) in [6.07, 6.45) is 0. The van der Waals surface area contributed by atoms with Gasteiger partial charge in [0.2, 0.25) is 0 Å². The lowest BCUT2D eigenvalue weighted by atomic mass is 10.1. The van der Waals surface area contributed by atoms with Crippen LogP contribution in [0.5, 0.6) is 0 Å². The van der Waals surface area contributed by atoms with Crippen LogP contribution in [0, 0.1) is 0 Å². The Morgan fingerprint density at radius 3 is 2.17 bits per heavy atom. The fraction of sp³-hybridized carbons (Fsp3) is 0. The van der Waals surface area contributed by atoms with Gasteiger partial charge in [-0.15, -0.1) is 0 Å². The second-order valence-electron chi connectivity index (χ2n) is 5.55. The first-order valence-corrected chi connectivity index (χ1v) is 7.75. The van der Waals surface area contributed by atoms with Crippen molar-refractivity contribution < 1.29 is 9.21 Å². The minimum absolute atomic E-state index is 0.251. The summed E-state index contributed by atoms with van der Waals surface area (Å²) in [5.74, 6) is 0.0574. The number of hydrogen-bond donors (Lipinski definition) is 1. The summed E-state index contributed by atoms with van der Waals surface area (Å²) in [6.45, 7) is 0. The van der Waals surface area contributed by atoms with E-state index >= 15 is 0 Å². The van der Waals surface area contributed by atoms with Crippen molar-refractivity contribution >= 4 is 22.6 Å². The molecule has 1 aromatic heterocycles. The van der Waals surface area contributed by atoms with Crippen LogP contribution >= 0.6 is 0 Å². The molecule has 0 spiro atoms. The smallest absolute Gasteiger partial charge is 0.291 e. The van der Waals surface area contributed by atoms with Crippen LogP contribution in [0.1, 0.15) is 10.6 Å². The highest BCUT2D eigenvalue weighted by Crippen LogP contribution is 2.23. The van der Waals surface area contributed by atoms with E-state index in [2.05, 4.69) is 17.4 Å². The van der Waals surface area contributed by atoms with E-state index in [0.29, 0.717) is 11.3 Å². The standard InChI is InChI=1S/C21H15NO2/c23-21(20-14-17-8-4-5-9-19(17)24-20)22-18-12-10-16(11-13-18)15-6-2-1-3-7-15/h1-14H,(H,22,23). The van der Waals surface area contributed by atoms with Gasteiger partial charge in [0.25, 0.3) is 5.91 Å². The van der Waals surface area contributed by atoms with Crippen molar-refractivity contribution in [2.24, 2.45) is 0 Å². The molecule has 0 radical (unpaired) electrons. The summed E-state index contributed by atoms with van der Waals surface area (Å²) in [5.41, 5.74) is 3.70. The van der Waals surface area contributed by atoms with E-state index < -0.39 is 0 Å². The number of para-hydroxylation sites is 1. The largest absolute Gasteiger partial charge is 0.451 e. The van der Waals surface area contributed by atoms with Crippen LogP contribution < -0.4 is 5.32 Å². The number of hydrogen-bond acceptors (Lipinski definition) is 2. The molecule has 3 heteroatoms. The second kappa shape index (κ2) is 6.05. The van der Waals surface area contributed by atoms with Gasteiger partial charge in [-0.2, -0.15) is 0 Å². The number of furan rings is 1. The summed E-state index contributed by atoms with van der Waals surface area (Å²) in [5, 5.41) is 3.78. The maximum atomic E-state index is 12.3. The molecule has 1 heterocycles. The first-order chi connectivity index (χ1) is 11.8. The number of benzene rings is 3. The van der Waals surface area contributed by atoms with Gasteiger partial charge < -0.3 is 9.73 Å². The third-order valence-electron chi connectivity index (χ3n) is 3.90. The molecule has 0 saturated carbocycles. The van der Waals surface area contributed by atoms with Crippen molar-refractivity contribution in [3.05, 3.63) is 90.7 Å². The molecule has 0 atom stereocenters. The van der Waals surface area contributed by atoms with E-state index in [1.54, 1.807) is 6.07 Å². The summed E-state index contributed by atoms with van der Waals surface area (Å²) in [7, 11) is 0. The molecule has 4 rings (SSSR count). The maximum Gasteiger partial charge on any atom is 0.291 e. The Balaban J connectivity index is 1.53. The number of rotatable bonds is 3. The van der Waals surface area contributed by atoms with Gasteiger partial charge in [-0.25, -0.2) is 0 Å². The van der Waals surface area contributed by atoms with Gasteiger partial charge >= 0.3 is 0 Å². The number of nitrogens with one attached hydrogen (secondary N) is 1. The van der Waals surface area contributed by atoms with Crippen molar-refractivity contribution in [1.29, 1.82) is 0 Å². The molecule has 3 nitrogen and oxygen atoms in total. The zero-order valence-corrected chi connectivity index (χ0v) is 12.9. The topological polar surface area (TPSA) is 42.2 Å². The average Bonchev–Trinajstić information content (AvgIpc) is 3.07. The fourth-order valence-electron chi connectivity index (χ4n) is 2.66. The molecule has 0 bridgehead atoms. The molecule has 0 aliphatic rings. The molecule has 3 aromatic carbocycles. The highest BCUT2D eigenvalue weighted by Gasteiger charge is 2.12. The van der Waals surface area contributed by atoms with Gasteiger partial charge in [-0.3, -0.25) is 4.79 Å². The summed E-state index contributed by atoms with van der Waals surface area (Å²) in [4.78, 5) is 12.3. The van der Waals surface area contributed by atoms with Crippen molar-refractivity contribution in [1.82, 2.24) is 0 Å². The van der Waals surface area contributed by atoms with E-state index in [-0.39, 0.29) is 5.91 Å². The molecule has 0 fully saturated rings. The van der Waals surface area contributed by atoms with Crippen LogP contribution in [0.25, 0.3) is 22.1 Å². The Hall–Kier alpha value is -3.33. The van der Waals surface area contributed by atoms with E-state index in [4.69, 9.17) is 4.42 Å². The van der Waals surface area contributed by atoms with Crippen LogP contribution in [0.3, 0.4) is 0 Å². The Bertz CT molecular complexity index is 952. The second-order valence-corrected chi connectivity index (χ2v) is 5.55. The average molecular weight is 313 g/mol. The minimum atomic E-state index is -0.251. The lowest BCUT2D eigenvalue weighted by molar-refractivity contribution is 0.0998. The number of anilines is 1. The summed E-state index contributed by atoms with van der Waals surface area (Å²) in [6, 6.07) is 27.2. The molecular formula is C21H15NO2. The van der Waals surface area contributed by atoms with Gasteiger partial charge in [0.1, 0.15) is 5.58 Å². The van der Waals surface area contributed by atoms with Crippen molar-refractivity contribution in [3.8, 4) is 11.1 Å². The predicted octanol–water partition coefficient (Wildman–Crippen LogP) is 5.35. The van der Waals surface area contributed by atoms with E-state index in [1.807, 2.05) is 66.7 Å². The number of amides is 1. The molecule has 1 N–H and O–H groups in total. The minimum Gasteiger partial charge on any atom is -0.451 e. The first kappa shape index (κ1) is 14.3. The normalized spacial score (nSPS) is 10.7. The van der Waals surface area contributed by atoms with Gasteiger partial charge in [0.05, 0.1) is 0 Å². The summed E-state index contributed by atoms with van der Waals surface area (Å²) >= 11 is 0. The van der Waals surface area contributed by atoms with Crippen LogP contribution in [0.15, 0.2) is 89.3 Å². The molecule has 0 unspecified atom stereocenters. The SMILES string of the molecule is O=C(Nc1ccc(-c2ccccc2)cc1)c1cc2ccccc2o1. The molecule has 116 valence electrons. The Labute approximate surface area is 139 Å². The van der Waals surface area contributed by atoms with E-state index in [1.165, 1.54) is 0 Å². The van der Waals surface area contributed by atoms with Crippen LogP contribution in [-0.4, -0.2) is 5.91 Å². The highest BCUT2D eigenvalue weighted by molar-refractivity contribution is 6.04. The van der Waals surface area contributed by atoms with Crippen molar-refractivity contribution in [2.45, 2.75) is 0 Å². The van der Waals surface area contributed by atoms with Gasteiger partial charge in [-0.1, -0.05) is 60.7 Å². The maximum absolute atomic E-state index is 12.3. The Kier molecular flexibility index (Phi) is 3.60. The molecule has 0 aliphatic carbocycles. The van der Waals surface area contributed by atoms with E-state index in [0.717, 1.165) is 22.2 Å². The molecule has 0 saturated heterocycles. The molecule has 0 aliphatic heterocycles. The first-order valence-electron chi connectivity index (χ1n) is 7.75.